The molecular weight excluding hydrogens is 240 g/mol. The molecule has 0 aliphatic rings. The molecule has 1 heterocycles. The summed E-state index contributed by atoms with van der Waals surface area (Å²) in [4.78, 5) is 12.1. The summed E-state index contributed by atoms with van der Waals surface area (Å²) in [5, 5.41) is 19.3. The highest BCUT2D eigenvalue weighted by molar-refractivity contribution is 5.41. The Bertz CT molecular complexity index is 814. The third kappa shape index (κ3) is 2.14. The van der Waals surface area contributed by atoms with E-state index in [9.17, 15) is 9.90 Å². The van der Waals surface area contributed by atoms with Crippen LogP contribution in [0.15, 0.2) is 35.1 Å². The van der Waals surface area contributed by atoms with Crippen molar-refractivity contribution in [2.45, 2.75) is 6.54 Å². The van der Waals surface area contributed by atoms with Crippen molar-refractivity contribution in [2.75, 3.05) is 0 Å². The average Bonchev–Trinajstić information content (AvgIpc) is 2.43. The molecule has 4 heteroatoms. The predicted octanol–water partition coefficient (Wildman–Crippen LogP) is 0.294. The van der Waals surface area contributed by atoms with Crippen molar-refractivity contribution in [3.8, 4) is 11.9 Å². The van der Waals surface area contributed by atoms with E-state index in [1.807, 2.05) is 36.4 Å². The maximum Gasteiger partial charge on any atom is 0.260 e. The van der Waals surface area contributed by atoms with Crippen LogP contribution in [0.3, 0.4) is 0 Å². The summed E-state index contributed by atoms with van der Waals surface area (Å²) in [7, 11) is 0. The van der Waals surface area contributed by atoms with Gasteiger partial charge >= 0.3 is 0 Å². The van der Waals surface area contributed by atoms with Gasteiger partial charge in [0.25, 0.3) is 5.56 Å². The topological polar surface area (TPSA) is 66.0 Å². The van der Waals surface area contributed by atoms with E-state index in [-0.39, 0.29) is 28.4 Å². The molecule has 0 amide bonds. The van der Waals surface area contributed by atoms with E-state index < -0.39 is 5.56 Å². The molecule has 1 aromatic carbocycles. The zero-order valence-corrected chi connectivity index (χ0v) is 10.3. The van der Waals surface area contributed by atoms with E-state index in [1.165, 1.54) is 0 Å². The van der Waals surface area contributed by atoms with Gasteiger partial charge in [-0.05, 0) is 5.56 Å². The van der Waals surface area contributed by atoms with E-state index in [1.54, 1.807) is 0 Å². The summed E-state index contributed by atoms with van der Waals surface area (Å²) < 4.78 is 1.13. The lowest BCUT2D eigenvalue weighted by Crippen LogP contribution is -2.45. The Labute approximate surface area is 109 Å². The number of nitriles is 1. The smallest absolute Gasteiger partial charge is 0.260 e. The van der Waals surface area contributed by atoms with Crippen LogP contribution >= 0.6 is 0 Å². The highest BCUT2D eigenvalue weighted by atomic mass is 16.3. The van der Waals surface area contributed by atoms with Crippen LogP contribution in [0.5, 0.6) is 5.88 Å². The van der Waals surface area contributed by atoms with Gasteiger partial charge in [0.2, 0.25) is 5.88 Å². The average molecular weight is 252 g/mol. The fraction of sp³-hybridized carbons (Fsp3) is 0.0667. The van der Waals surface area contributed by atoms with Gasteiger partial charge in [-0.1, -0.05) is 43.5 Å². The molecular formula is C15H12N2O2. The van der Waals surface area contributed by atoms with Gasteiger partial charge in [0.15, 0.2) is 0 Å². The zero-order valence-electron chi connectivity index (χ0n) is 10.3. The minimum Gasteiger partial charge on any atom is -0.493 e. The van der Waals surface area contributed by atoms with Gasteiger partial charge < -0.3 is 5.11 Å². The number of rotatable bonds is 2. The Balaban J connectivity index is 2.69. The van der Waals surface area contributed by atoms with E-state index in [2.05, 4.69) is 13.2 Å². The molecule has 2 rings (SSSR count). The quantitative estimate of drug-likeness (QED) is 0.835. The largest absolute Gasteiger partial charge is 0.493 e. The lowest BCUT2D eigenvalue weighted by Gasteiger charge is -2.10. The lowest BCUT2D eigenvalue weighted by molar-refractivity contribution is 0.411. The normalized spacial score (nSPS) is 10.1. The first-order valence-electron chi connectivity index (χ1n) is 5.64. The van der Waals surface area contributed by atoms with Gasteiger partial charge in [0, 0.05) is 10.4 Å². The van der Waals surface area contributed by atoms with Gasteiger partial charge in [-0.25, -0.2) is 0 Å². The summed E-state index contributed by atoms with van der Waals surface area (Å²) in [6.07, 6.45) is 0. The molecule has 1 aromatic heterocycles. The molecule has 19 heavy (non-hydrogen) atoms. The van der Waals surface area contributed by atoms with Gasteiger partial charge in [0.05, 0.1) is 6.54 Å². The third-order valence-electron chi connectivity index (χ3n) is 2.94. The lowest BCUT2D eigenvalue weighted by atomic mass is 10.2. The Kier molecular flexibility index (Phi) is 3.21. The maximum absolute atomic E-state index is 12.1. The summed E-state index contributed by atoms with van der Waals surface area (Å²) in [6, 6.07) is 11.0. The molecule has 0 radical (unpaired) electrons. The third-order valence-corrected chi connectivity index (χ3v) is 2.94. The number of hydrogen-bond donors (Lipinski definition) is 1. The number of aromatic nitrogens is 1. The van der Waals surface area contributed by atoms with E-state index in [4.69, 9.17) is 5.26 Å². The van der Waals surface area contributed by atoms with Crippen LogP contribution in [-0.2, 0) is 6.54 Å². The molecule has 0 saturated carbocycles. The Hall–Kier alpha value is -2.80. The first-order valence-corrected chi connectivity index (χ1v) is 5.64. The Morgan fingerprint density at radius 3 is 2.42 bits per heavy atom. The SMILES string of the molecule is C=c1c(C#N)c(O)n(Cc2ccccc2)c(=O)c1=C. The van der Waals surface area contributed by atoms with Crippen molar-refractivity contribution >= 4 is 13.2 Å². The molecule has 2 aromatic rings. The van der Waals surface area contributed by atoms with Crippen LogP contribution in [-0.4, -0.2) is 9.67 Å². The van der Waals surface area contributed by atoms with Gasteiger partial charge in [-0.2, -0.15) is 5.26 Å². The van der Waals surface area contributed by atoms with Gasteiger partial charge in [0.1, 0.15) is 11.6 Å². The highest BCUT2D eigenvalue weighted by Gasteiger charge is 2.12. The molecule has 0 spiro atoms. The molecule has 0 atom stereocenters. The fourth-order valence-corrected chi connectivity index (χ4v) is 1.84. The van der Waals surface area contributed by atoms with Crippen LogP contribution in [0.2, 0.25) is 0 Å². The van der Waals surface area contributed by atoms with Crippen molar-refractivity contribution in [2.24, 2.45) is 0 Å². The number of hydrogen-bond acceptors (Lipinski definition) is 3. The Morgan fingerprint density at radius 1 is 1.21 bits per heavy atom. The number of aromatic hydroxyl groups is 1. The number of pyridine rings is 1. The summed E-state index contributed by atoms with van der Waals surface area (Å²) in [5.74, 6) is -0.367. The summed E-state index contributed by atoms with van der Waals surface area (Å²) in [6.45, 7) is 7.40. The zero-order chi connectivity index (χ0) is 14.0. The molecule has 0 saturated heterocycles. The second-order valence-electron chi connectivity index (χ2n) is 4.14. The summed E-state index contributed by atoms with van der Waals surface area (Å²) >= 11 is 0. The predicted molar refractivity (Wildman–Crippen MR) is 72.9 cm³/mol. The van der Waals surface area contributed by atoms with Crippen molar-refractivity contribution in [3.05, 3.63) is 62.2 Å². The van der Waals surface area contributed by atoms with Crippen molar-refractivity contribution < 1.29 is 5.11 Å². The molecule has 0 bridgehead atoms. The van der Waals surface area contributed by atoms with Crippen molar-refractivity contribution in [1.29, 1.82) is 5.26 Å². The second-order valence-corrected chi connectivity index (χ2v) is 4.14. The highest BCUT2D eigenvalue weighted by Crippen LogP contribution is 2.10. The number of benzene rings is 1. The molecule has 0 aliphatic carbocycles. The maximum atomic E-state index is 12.1. The van der Waals surface area contributed by atoms with E-state index in [0.29, 0.717) is 0 Å². The van der Waals surface area contributed by atoms with Crippen LogP contribution < -0.4 is 16.0 Å². The minimum atomic E-state index is -0.439. The van der Waals surface area contributed by atoms with Crippen LogP contribution in [0.4, 0.5) is 0 Å². The molecule has 1 N–H and O–H groups in total. The first-order chi connectivity index (χ1) is 9.06. The fourth-order valence-electron chi connectivity index (χ4n) is 1.84. The van der Waals surface area contributed by atoms with Crippen LogP contribution in [0, 0.1) is 11.3 Å². The molecule has 94 valence electrons. The standard InChI is InChI=1S/C15H12N2O2/c1-10-11(2)14(18)17(15(19)13(10)8-16)9-12-6-4-3-5-7-12/h3-7,19H,1-2,9H2. The summed E-state index contributed by atoms with van der Waals surface area (Å²) in [5.41, 5.74) is 0.394. The van der Waals surface area contributed by atoms with Crippen molar-refractivity contribution in [3.63, 3.8) is 0 Å². The molecule has 0 aliphatic heterocycles. The number of nitrogens with zero attached hydrogens (tertiary/aromatic N) is 2. The molecule has 4 nitrogen and oxygen atoms in total. The minimum absolute atomic E-state index is 0.0134. The van der Waals surface area contributed by atoms with Crippen molar-refractivity contribution in [1.82, 2.24) is 4.57 Å². The molecule has 0 unspecified atom stereocenters. The van der Waals surface area contributed by atoms with Crippen LogP contribution in [0.25, 0.3) is 13.2 Å². The second kappa shape index (κ2) is 4.83. The first kappa shape index (κ1) is 12.7. The Morgan fingerprint density at radius 2 is 1.84 bits per heavy atom. The van der Waals surface area contributed by atoms with E-state index >= 15 is 0 Å². The van der Waals surface area contributed by atoms with Crippen LogP contribution in [0.1, 0.15) is 11.1 Å². The van der Waals surface area contributed by atoms with Gasteiger partial charge in [-0.15, -0.1) is 0 Å². The molecule has 0 fully saturated rings. The monoisotopic (exact) mass is 252 g/mol. The van der Waals surface area contributed by atoms with Gasteiger partial charge in [-0.3, -0.25) is 9.36 Å². The van der Waals surface area contributed by atoms with E-state index in [0.717, 1.165) is 10.1 Å².